The van der Waals surface area contributed by atoms with Crippen molar-refractivity contribution in [1.29, 1.82) is 0 Å². The van der Waals surface area contributed by atoms with Crippen LogP contribution in [0.15, 0.2) is 36.7 Å². The number of hydrogen-bond donors (Lipinski definition) is 1. The van der Waals surface area contributed by atoms with Crippen LogP contribution in [0.3, 0.4) is 0 Å². The lowest BCUT2D eigenvalue weighted by Gasteiger charge is -2.17. The van der Waals surface area contributed by atoms with Crippen molar-refractivity contribution in [2.75, 3.05) is 0 Å². The van der Waals surface area contributed by atoms with E-state index in [1.54, 1.807) is 11.8 Å². The van der Waals surface area contributed by atoms with E-state index in [2.05, 4.69) is 0 Å². The number of aliphatic hydroxyl groups is 1. The van der Waals surface area contributed by atoms with Crippen LogP contribution in [0, 0.1) is 0 Å². The third kappa shape index (κ3) is 1.74. The molecule has 54 valence electrons. The van der Waals surface area contributed by atoms with E-state index in [4.69, 9.17) is 5.11 Å². The van der Waals surface area contributed by atoms with Crippen LogP contribution in [-0.2, 0) is 0 Å². The number of rotatable bonds is 1. The lowest BCUT2D eigenvalue weighted by Crippen LogP contribution is -2.21. The summed E-state index contributed by atoms with van der Waals surface area (Å²) in [4.78, 5) is 1.72. The van der Waals surface area contributed by atoms with Crippen molar-refractivity contribution in [3.63, 3.8) is 0 Å². The SMILES string of the molecule is CC(O)N1C=CC=CC=C1. The Bertz CT molecular complexity index is 164. The topological polar surface area (TPSA) is 23.5 Å². The summed E-state index contributed by atoms with van der Waals surface area (Å²) in [6, 6.07) is 0. The maximum absolute atomic E-state index is 9.10. The van der Waals surface area contributed by atoms with E-state index in [-0.39, 0.29) is 0 Å². The van der Waals surface area contributed by atoms with Gasteiger partial charge in [0, 0.05) is 12.4 Å². The number of aliphatic hydroxyl groups excluding tert-OH is 1. The average molecular weight is 137 g/mol. The van der Waals surface area contributed by atoms with Crippen LogP contribution >= 0.6 is 0 Å². The van der Waals surface area contributed by atoms with Crippen molar-refractivity contribution >= 4 is 0 Å². The maximum atomic E-state index is 9.10. The fraction of sp³-hybridized carbons (Fsp3) is 0.250. The van der Waals surface area contributed by atoms with Crippen molar-refractivity contribution in [3.8, 4) is 0 Å². The molecular formula is C8H11NO. The molecule has 1 heterocycles. The normalized spacial score (nSPS) is 19.2. The first-order valence-corrected chi connectivity index (χ1v) is 3.28. The largest absolute Gasteiger partial charge is 0.374 e. The van der Waals surface area contributed by atoms with E-state index in [0.717, 1.165) is 0 Å². The Morgan fingerprint density at radius 3 is 2.00 bits per heavy atom. The number of allylic oxidation sites excluding steroid dienone is 4. The van der Waals surface area contributed by atoms with Gasteiger partial charge in [0.25, 0.3) is 0 Å². The molecule has 0 aliphatic carbocycles. The van der Waals surface area contributed by atoms with Gasteiger partial charge in [0.2, 0.25) is 0 Å². The van der Waals surface area contributed by atoms with Crippen molar-refractivity contribution in [1.82, 2.24) is 4.90 Å². The van der Waals surface area contributed by atoms with E-state index in [1.165, 1.54) is 0 Å². The molecule has 0 bridgehead atoms. The monoisotopic (exact) mass is 137 g/mol. The van der Waals surface area contributed by atoms with E-state index in [0.29, 0.717) is 0 Å². The van der Waals surface area contributed by atoms with E-state index in [9.17, 15) is 0 Å². The summed E-state index contributed by atoms with van der Waals surface area (Å²) in [5.41, 5.74) is 0. The molecule has 2 heteroatoms. The van der Waals surface area contributed by atoms with Gasteiger partial charge in [-0.1, -0.05) is 12.2 Å². The predicted molar refractivity (Wildman–Crippen MR) is 40.9 cm³/mol. The predicted octanol–water partition coefficient (Wildman–Crippen LogP) is 1.22. The Balaban J connectivity index is 2.63. The zero-order valence-electron chi connectivity index (χ0n) is 5.94. The molecule has 1 aliphatic heterocycles. The Labute approximate surface area is 60.8 Å². The van der Waals surface area contributed by atoms with Gasteiger partial charge in [-0.2, -0.15) is 0 Å². The highest BCUT2D eigenvalue weighted by Crippen LogP contribution is 2.01. The summed E-state index contributed by atoms with van der Waals surface area (Å²) in [5.74, 6) is 0. The summed E-state index contributed by atoms with van der Waals surface area (Å²) in [5, 5.41) is 9.10. The van der Waals surface area contributed by atoms with Gasteiger partial charge in [0.1, 0.15) is 6.23 Å². The maximum Gasteiger partial charge on any atom is 0.127 e. The van der Waals surface area contributed by atoms with Crippen molar-refractivity contribution in [2.45, 2.75) is 13.2 Å². The number of hydrogen-bond acceptors (Lipinski definition) is 2. The lowest BCUT2D eigenvalue weighted by atomic mass is 10.5. The summed E-state index contributed by atoms with van der Waals surface area (Å²) >= 11 is 0. The van der Waals surface area contributed by atoms with Crippen molar-refractivity contribution in [2.24, 2.45) is 0 Å². The Kier molecular flexibility index (Phi) is 2.29. The second kappa shape index (κ2) is 3.22. The third-order valence-corrected chi connectivity index (χ3v) is 1.28. The fourth-order valence-electron chi connectivity index (χ4n) is 0.725. The molecule has 2 nitrogen and oxygen atoms in total. The fourth-order valence-corrected chi connectivity index (χ4v) is 0.725. The van der Waals surface area contributed by atoms with Crippen molar-refractivity contribution < 1.29 is 5.11 Å². The average Bonchev–Trinajstić information content (AvgIpc) is 2.12. The van der Waals surface area contributed by atoms with Crippen LogP contribution in [0.2, 0.25) is 0 Å². The highest BCUT2D eigenvalue weighted by Gasteiger charge is 1.99. The third-order valence-electron chi connectivity index (χ3n) is 1.28. The molecule has 0 saturated heterocycles. The van der Waals surface area contributed by atoms with Gasteiger partial charge in [-0.05, 0) is 19.1 Å². The standard InChI is InChI=1S/C8H11NO/c1-8(10)9-6-4-2-3-5-7-9/h2-8,10H,1H3. The first-order valence-electron chi connectivity index (χ1n) is 3.28. The van der Waals surface area contributed by atoms with Crippen LogP contribution in [0.4, 0.5) is 0 Å². The van der Waals surface area contributed by atoms with E-state index in [1.807, 2.05) is 36.7 Å². The van der Waals surface area contributed by atoms with Gasteiger partial charge >= 0.3 is 0 Å². The minimum Gasteiger partial charge on any atom is -0.374 e. The summed E-state index contributed by atoms with van der Waals surface area (Å²) in [6.45, 7) is 1.72. The van der Waals surface area contributed by atoms with Gasteiger partial charge < -0.3 is 10.0 Å². The molecule has 0 spiro atoms. The second-order valence-corrected chi connectivity index (χ2v) is 2.15. The van der Waals surface area contributed by atoms with Gasteiger partial charge in [0.15, 0.2) is 0 Å². The van der Waals surface area contributed by atoms with E-state index < -0.39 is 6.23 Å². The minimum atomic E-state index is -0.451. The first kappa shape index (κ1) is 7.09. The van der Waals surface area contributed by atoms with Crippen LogP contribution in [0.1, 0.15) is 6.92 Å². The van der Waals surface area contributed by atoms with Crippen LogP contribution in [-0.4, -0.2) is 16.2 Å². The molecule has 1 N–H and O–H groups in total. The van der Waals surface area contributed by atoms with E-state index >= 15 is 0 Å². The van der Waals surface area contributed by atoms with Crippen LogP contribution in [0.5, 0.6) is 0 Å². The quantitative estimate of drug-likeness (QED) is 0.587. The molecule has 1 unspecified atom stereocenters. The molecule has 1 atom stereocenters. The molecule has 0 aromatic carbocycles. The smallest absolute Gasteiger partial charge is 0.127 e. The second-order valence-electron chi connectivity index (χ2n) is 2.15. The highest BCUT2D eigenvalue weighted by atomic mass is 16.3. The Morgan fingerprint density at radius 2 is 1.60 bits per heavy atom. The van der Waals surface area contributed by atoms with Crippen LogP contribution in [0.25, 0.3) is 0 Å². The molecule has 1 aliphatic rings. The van der Waals surface area contributed by atoms with Gasteiger partial charge in [-0.15, -0.1) is 0 Å². The summed E-state index contributed by atoms with van der Waals surface area (Å²) in [7, 11) is 0. The molecule has 0 aromatic rings. The zero-order chi connectivity index (χ0) is 7.40. The lowest BCUT2D eigenvalue weighted by molar-refractivity contribution is 0.0869. The number of nitrogens with zero attached hydrogens (tertiary/aromatic N) is 1. The highest BCUT2D eigenvalue weighted by molar-refractivity contribution is 5.15. The Morgan fingerprint density at radius 1 is 1.10 bits per heavy atom. The molecule has 0 amide bonds. The minimum absolute atomic E-state index is 0.451. The summed E-state index contributed by atoms with van der Waals surface area (Å²) < 4.78 is 0. The molecule has 0 fully saturated rings. The summed E-state index contributed by atoms with van der Waals surface area (Å²) in [6.07, 6.45) is 10.8. The zero-order valence-corrected chi connectivity index (χ0v) is 5.94. The van der Waals surface area contributed by atoms with Gasteiger partial charge in [-0.3, -0.25) is 0 Å². The molecule has 10 heavy (non-hydrogen) atoms. The van der Waals surface area contributed by atoms with Crippen LogP contribution < -0.4 is 0 Å². The molecule has 0 saturated carbocycles. The Hall–Kier alpha value is -1.02. The molecule has 0 radical (unpaired) electrons. The first-order chi connectivity index (χ1) is 4.80. The molecular weight excluding hydrogens is 126 g/mol. The molecule has 0 aromatic heterocycles. The van der Waals surface area contributed by atoms with Gasteiger partial charge in [0.05, 0.1) is 0 Å². The molecule has 1 rings (SSSR count). The van der Waals surface area contributed by atoms with Crippen molar-refractivity contribution in [3.05, 3.63) is 36.7 Å². The van der Waals surface area contributed by atoms with Gasteiger partial charge in [-0.25, -0.2) is 0 Å².